The SMILES string of the molecule is CCC(N)(F)C(=O)OC. The lowest BCUT2D eigenvalue weighted by molar-refractivity contribution is -0.154. The maximum atomic E-state index is 12.5. The Morgan fingerprint density at radius 1 is 1.89 bits per heavy atom. The maximum absolute atomic E-state index is 12.5. The molecule has 0 bridgehead atoms. The molecule has 0 amide bonds. The van der Waals surface area contributed by atoms with Crippen molar-refractivity contribution in [1.29, 1.82) is 0 Å². The summed E-state index contributed by atoms with van der Waals surface area (Å²) in [5.41, 5.74) is 4.83. The van der Waals surface area contributed by atoms with E-state index in [2.05, 4.69) is 4.74 Å². The zero-order valence-electron chi connectivity index (χ0n) is 5.48. The predicted molar refractivity (Wildman–Crippen MR) is 30.3 cm³/mol. The summed E-state index contributed by atoms with van der Waals surface area (Å²) in [4.78, 5) is 10.3. The maximum Gasteiger partial charge on any atom is 0.358 e. The zero-order chi connectivity index (χ0) is 7.49. The molecule has 0 saturated carbocycles. The van der Waals surface area contributed by atoms with Gasteiger partial charge in [0.15, 0.2) is 0 Å². The largest absolute Gasteiger partial charge is 0.466 e. The van der Waals surface area contributed by atoms with Gasteiger partial charge in [0, 0.05) is 6.42 Å². The first kappa shape index (κ1) is 8.36. The van der Waals surface area contributed by atoms with Crippen molar-refractivity contribution in [3.63, 3.8) is 0 Å². The fourth-order valence-corrected chi connectivity index (χ4v) is 0.314. The van der Waals surface area contributed by atoms with Crippen molar-refractivity contribution in [2.75, 3.05) is 7.11 Å². The highest BCUT2D eigenvalue weighted by Crippen LogP contribution is 2.08. The van der Waals surface area contributed by atoms with Gasteiger partial charge < -0.3 is 4.74 Å². The van der Waals surface area contributed by atoms with Crippen molar-refractivity contribution in [3.8, 4) is 0 Å². The lowest BCUT2D eigenvalue weighted by Crippen LogP contribution is -2.43. The van der Waals surface area contributed by atoms with Crippen LogP contribution in [0.1, 0.15) is 13.3 Å². The molecule has 4 heteroatoms. The quantitative estimate of drug-likeness (QED) is 0.434. The second kappa shape index (κ2) is 2.77. The van der Waals surface area contributed by atoms with Crippen LogP contribution in [0.5, 0.6) is 0 Å². The molecule has 54 valence electrons. The number of hydrogen-bond donors (Lipinski definition) is 1. The Kier molecular flexibility index (Phi) is 2.58. The summed E-state index contributed by atoms with van der Waals surface area (Å²) in [6, 6.07) is 0. The summed E-state index contributed by atoms with van der Waals surface area (Å²) >= 11 is 0. The number of rotatable bonds is 2. The van der Waals surface area contributed by atoms with Crippen molar-refractivity contribution < 1.29 is 13.9 Å². The van der Waals surface area contributed by atoms with Gasteiger partial charge in [-0.3, -0.25) is 5.73 Å². The van der Waals surface area contributed by atoms with Crippen molar-refractivity contribution in [2.45, 2.75) is 19.1 Å². The van der Waals surface area contributed by atoms with Gasteiger partial charge >= 0.3 is 5.97 Å². The molecule has 3 nitrogen and oxygen atoms in total. The molecule has 9 heavy (non-hydrogen) atoms. The van der Waals surface area contributed by atoms with Gasteiger partial charge in [-0.1, -0.05) is 6.92 Å². The summed E-state index contributed by atoms with van der Waals surface area (Å²) < 4.78 is 16.6. The monoisotopic (exact) mass is 135 g/mol. The Morgan fingerprint density at radius 2 is 2.33 bits per heavy atom. The zero-order valence-corrected chi connectivity index (χ0v) is 5.48. The summed E-state index contributed by atoms with van der Waals surface area (Å²) in [6.07, 6.45) is -0.0698. The molecule has 0 aliphatic heterocycles. The number of carbonyl (C=O) groups is 1. The first-order valence-electron chi connectivity index (χ1n) is 2.60. The Morgan fingerprint density at radius 3 is 2.44 bits per heavy atom. The number of halogens is 1. The Balaban J connectivity index is 3.97. The number of ether oxygens (including phenoxy) is 1. The lowest BCUT2D eigenvalue weighted by atomic mass is 10.2. The lowest BCUT2D eigenvalue weighted by Gasteiger charge is -2.13. The van der Waals surface area contributed by atoms with Crippen LogP contribution < -0.4 is 5.73 Å². The molecule has 0 radical (unpaired) electrons. The van der Waals surface area contributed by atoms with Crippen LogP contribution in [0.4, 0.5) is 4.39 Å². The van der Waals surface area contributed by atoms with Crippen LogP contribution in [0, 0.1) is 0 Å². The van der Waals surface area contributed by atoms with Gasteiger partial charge in [0.25, 0.3) is 5.79 Å². The second-order valence-corrected chi connectivity index (χ2v) is 1.71. The van der Waals surface area contributed by atoms with E-state index in [0.29, 0.717) is 0 Å². The Labute approximate surface area is 53.0 Å². The summed E-state index contributed by atoms with van der Waals surface area (Å²) in [7, 11) is 1.10. The third-order valence-electron chi connectivity index (χ3n) is 1.04. The van der Waals surface area contributed by atoms with Crippen molar-refractivity contribution in [3.05, 3.63) is 0 Å². The van der Waals surface area contributed by atoms with Crippen LogP contribution >= 0.6 is 0 Å². The minimum atomic E-state index is -2.31. The predicted octanol–water partition coefficient (Wildman–Crippen LogP) is 0.194. The fraction of sp³-hybridized carbons (Fsp3) is 0.800. The summed E-state index contributed by atoms with van der Waals surface area (Å²) in [5.74, 6) is -3.33. The Hall–Kier alpha value is -0.640. The van der Waals surface area contributed by atoms with E-state index in [1.807, 2.05) is 0 Å². The van der Waals surface area contributed by atoms with Crippen LogP contribution in [0.2, 0.25) is 0 Å². The number of esters is 1. The highest BCUT2D eigenvalue weighted by atomic mass is 19.1. The van der Waals surface area contributed by atoms with E-state index in [4.69, 9.17) is 5.73 Å². The van der Waals surface area contributed by atoms with E-state index >= 15 is 0 Å². The van der Waals surface area contributed by atoms with Gasteiger partial charge in [-0.05, 0) is 0 Å². The normalized spacial score (nSPS) is 16.4. The van der Waals surface area contributed by atoms with Crippen LogP contribution in [0.15, 0.2) is 0 Å². The van der Waals surface area contributed by atoms with Gasteiger partial charge in [0.2, 0.25) is 0 Å². The molecule has 0 aromatic rings. The van der Waals surface area contributed by atoms with Gasteiger partial charge in [0.1, 0.15) is 0 Å². The standard InChI is InChI=1S/C5H10FNO2/c1-3-5(6,7)4(8)9-2/h3,7H2,1-2H3. The summed E-state index contributed by atoms with van der Waals surface area (Å²) in [6.45, 7) is 1.47. The third kappa shape index (κ3) is 1.97. The molecule has 0 spiro atoms. The molecule has 1 unspecified atom stereocenters. The molecule has 0 aliphatic carbocycles. The van der Waals surface area contributed by atoms with Gasteiger partial charge in [-0.2, -0.15) is 0 Å². The molecule has 0 aliphatic rings. The van der Waals surface area contributed by atoms with Crippen molar-refractivity contribution in [2.24, 2.45) is 5.73 Å². The molecule has 2 N–H and O–H groups in total. The van der Waals surface area contributed by atoms with Crippen LogP contribution in [0.3, 0.4) is 0 Å². The van der Waals surface area contributed by atoms with Crippen LogP contribution in [-0.2, 0) is 9.53 Å². The van der Waals surface area contributed by atoms with E-state index in [1.165, 1.54) is 6.92 Å². The minimum Gasteiger partial charge on any atom is -0.466 e. The van der Waals surface area contributed by atoms with E-state index < -0.39 is 11.8 Å². The first-order valence-corrected chi connectivity index (χ1v) is 2.60. The van der Waals surface area contributed by atoms with Gasteiger partial charge in [-0.15, -0.1) is 0 Å². The third-order valence-corrected chi connectivity index (χ3v) is 1.04. The minimum absolute atomic E-state index is 0.0698. The molecular weight excluding hydrogens is 125 g/mol. The van der Waals surface area contributed by atoms with E-state index in [-0.39, 0.29) is 6.42 Å². The molecule has 1 atom stereocenters. The number of alkyl halides is 1. The van der Waals surface area contributed by atoms with Gasteiger partial charge in [-0.25, -0.2) is 9.18 Å². The van der Waals surface area contributed by atoms with Crippen LogP contribution in [-0.4, -0.2) is 18.9 Å². The highest BCUT2D eigenvalue weighted by molar-refractivity contribution is 5.78. The number of nitrogens with two attached hydrogens (primary N) is 1. The number of hydrogen-bond acceptors (Lipinski definition) is 3. The second-order valence-electron chi connectivity index (χ2n) is 1.71. The van der Waals surface area contributed by atoms with E-state index in [1.54, 1.807) is 0 Å². The average Bonchev–Trinajstić information content (AvgIpc) is 1.86. The molecule has 0 rings (SSSR count). The molecular formula is C5H10FNO2. The van der Waals surface area contributed by atoms with E-state index in [9.17, 15) is 9.18 Å². The average molecular weight is 135 g/mol. The molecule has 0 fully saturated rings. The topological polar surface area (TPSA) is 52.3 Å². The molecule has 0 saturated heterocycles. The van der Waals surface area contributed by atoms with Gasteiger partial charge in [0.05, 0.1) is 7.11 Å². The number of carbonyl (C=O) groups excluding carboxylic acids is 1. The molecule has 0 heterocycles. The van der Waals surface area contributed by atoms with Crippen LogP contribution in [0.25, 0.3) is 0 Å². The molecule has 0 aromatic heterocycles. The fourth-order valence-electron chi connectivity index (χ4n) is 0.314. The summed E-state index contributed by atoms with van der Waals surface area (Å²) in [5, 5.41) is 0. The first-order chi connectivity index (χ1) is 4.04. The smallest absolute Gasteiger partial charge is 0.358 e. The Bertz CT molecular complexity index is 114. The van der Waals surface area contributed by atoms with Crippen molar-refractivity contribution >= 4 is 5.97 Å². The van der Waals surface area contributed by atoms with Crippen molar-refractivity contribution in [1.82, 2.24) is 0 Å². The number of methoxy groups -OCH3 is 1. The van der Waals surface area contributed by atoms with E-state index in [0.717, 1.165) is 7.11 Å². The highest BCUT2D eigenvalue weighted by Gasteiger charge is 2.32. The molecule has 0 aromatic carbocycles.